The van der Waals surface area contributed by atoms with Crippen molar-refractivity contribution in [3.63, 3.8) is 0 Å². The monoisotopic (exact) mass is 520 g/mol. The predicted octanol–water partition coefficient (Wildman–Crippen LogP) is 4.21. The number of rotatable bonds is 10. The zero-order valence-electron chi connectivity index (χ0n) is 22.7. The van der Waals surface area contributed by atoms with Crippen molar-refractivity contribution in [1.29, 1.82) is 0 Å². The number of amides is 2. The summed E-state index contributed by atoms with van der Waals surface area (Å²) >= 11 is 0. The molecule has 0 unspecified atom stereocenters. The van der Waals surface area contributed by atoms with E-state index in [1.165, 1.54) is 22.1 Å². The molecular weight excluding hydrogens is 483 g/mol. The Morgan fingerprint density at radius 1 is 1.13 bits per heavy atom. The summed E-state index contributed by atoms with van der Waals surface area (Å²) in [5.41, 5.74) is 3.68. The molecule has 1 fully saturated rings. The van der Waals surface area contributed by atoms with E-state index in [1.807, 2.05) is 26.0 Å². The number of aromatic nitrogens is 1. The number of likely N-dealkylation sites (N-methyl/N-ethyl adjacent to an activating group) is 1. The third kappa shape index (κ3) is 7.52. The minimum absolute atomic E-state index is 0.0868. The van der Waals surface area contributed by atoms with Gasteiger partial charge in [-0.1, -0.05) is 25.3 Å². The Balaban J connectivity index is 1.55. The van der Waals surface area contributed by atoms with Crippen LogP contribution in [0.2, 0.25) is 0 Å². The molecule has 0 radical (unpaired) electrons. The van der Waals surface area contributed by atoms with Crippen molar-refractivity contribution in [3.05, 3.63) is 90.3 Å². The highest BCUT2D eigenvalue weighted by Crippen LogP contribution is 2.19. The summed E-state index contributed by atoms with van der Waals surface area (Å²) in [5.74, 6) is -0.362. The van der Waals surface area contributed by atoms with Crippen molar-refractivity contribution in [3.8, 4) is 0 Å². The topological polar surface area (TPSA) is 72.0 Å². The van der Waals surface area contributed by atoms with Crippen molar-refractivity contribution < 1.29 is 14.0 Å². The quantitative estimate of drug-likeness (QED) is 0.473. The van der Waals surface area contributed by atoms with Crippen LogP contribution >= 0.6 is 0 Å². The van der Waals surface area contributed by atoms with Crippen LogP contribution in [0.25, 0.3) is 0 Å². The minimum Gasteiger partial charge on any atom is -0.368 e. The number of benzene rings is 1. The van der Waals surface area contributed by atoms with Gasteiger partial charge in [-0.05, 0) is 62.4 Å². The fourth-order valence-electron chi connectivity index (χ4n) is 4.23. The van der Waals surface area contributed by atoms with Gasteiger partial charge in [-0.2, -0.15) is 0 Å². The van der Waals surface area contributed by atoms with Gasteiger partial charge >= 0.3 is 0 Å². The number of hydrogen-bond acceptors (Lipinski definition) is 6. The highest BCUT2D eigenvalue weighted by molar-refractivity contribution is 5.97. The zero-order chi connectivity index (χ0) is 27.8. The van der Waals surface area contributed by atoms with E-state index in [4.69, 9.17) is 0 Å². The lowest BCUT2D eigenvalue weighted by molar-refractivity contribution is -0.125. The lowest BCUT2D eigenvalue weighted by atomic mass is 10.2. The van der Waals surface area contributed by atoms with E-state index in [1.54, 1.807) is 38.4 Å². The van der Waals surface area contributed by atoms with Crippen molar-refractivity contribution in [2.45, 2.75) is 27.3 Å². The Labute approximate surface area is 224 Å². The van der Waals surface area contributed by atoms with Crippen LogP contribution < -0.4 is 10.2 Å². The molecule has 0 bridgehead atoms. The minimum atomic E-state index is -0.319. The van der Waals surface area contributed by atoms with Crippen LogP contribution in [-0.2, 0) is 16.1 Å². The number of anilines is 2. The lowest BCUT2D eigenvalue weighted by Gasteiger charge is -2.36. The van der Waals surface area contributed by atoms with Gasteiger partial charge in [-0.25, -0.2) is 9.37 Å². The molecule has 1 N–H and O–H groups in total. The maximum Gasteiger partial charge on any atom is 0.274 e. The first-order valence-electron chi connectivity index (χ1n) is 12.6. The summed E-state index contributed by atoms with van der Waals surface area (Å²) in [7, 11) is 1.64. The Bertz CT molecular complexity index is 1200. The smallest absolute Gasteiger partial charge is 0.274 e. The zero-order valence-corrected chi connectivity index (χ0v) is 22.7. The number of carbonyl (C=O) groups is 2. The van der Waals surface area contributed by atoms with Gasteiger partial charge in [0.05, 0.1) is 11.9 Å². The van der Waals surface area contributed by atoms with Crippen molar-refractivity contribution in [2.24, 2.45) is 0 Å². The fourth-order valence-corrected chi connectivity index (χ4v) is 4.23. The molecule has 2 amide bonds. The van der Waals surface area contributed by atoms with Gasteiger partial charge in [0.25, 0.3) is 5.91 Å². The SMILES string of the molecule is C=CN(CC(=O)Nc1ccc(N2CCN(Cc3cccc(F)c3)CC2)cn1)C(C(=O)N(C)C(=C)C)=C(C)C. The van der Waals surface area contributed by atoms with Crippen LogP contribution in [0.3, 0.4) is 0 Å². The molecule has 3 rings (SSSR count). The molecule has 1 aromatic carbocycles. The molecule has 8 nitrogen and oxygen atoms in total. The number of allylic oxidation sites excluding steroid dienone is 2. The molecule has 1 aliphatic rings. The molecule has 38 heavy (non-hydrogen) atoms. The normalized spacial score (nSPS) is 13.4. The largest absolute Gasteiger partial charge is 0.368 e. The van der Waals surface area contributed by atoms with Crippen LogP contribution in [0.15, 0.2) is 78.9 Å². The molecule has 9 heteroatoms. The summed E-state index contributed by atoms with van der Waals surface area (Å²) in [5, 5.41) is 2.80. The van der Waals surface area contributed by atoms with Crippen molar-refractivity contribution >= 4 is 23.3 Å². The van der Waals surface area contributed by atoms with E-state index in [0.717, 1.165) is 49.5 Å². The van der Waals surface area contributed by atoms with Gasteiger partial charge in [0.2, 0.25) is 5.91 Å². The number of nitrogens with zero attached hydrogens (tertiary/aromatic N) is 5. The van der Waals surface area contributed by atoms with Gasteiger partial charge in [-0.15, -0.1) is 0 Å². The van der Waals surface area contributed by atoms with Gasteiger partial charge in [0.15, 0.2) is 0 Å². The molecular formula is C29H37FN6O2. The Morgan fingerprint density at radius 2 is 1.84 bits per heavy atom. The van der Waals surface area contributed by atoms with Crippen molar-refractivity contribution in [1.82, 2.24) is 19.7 Å². The molecule has 1 aliphatic heterocycles. The second kappa shape index (κ2) is 13.0. The average molecular weight is 521 g/mol. The summed E-state index contributed by atoms with van der Waals surface area (Å²) in [6.07, 6.45) is 3.21. The first-order chi connectivity index (χ1) is 18.1. The summed E-state index contributed by atoms with van der Waals surface area (Å²) in [6.45, 7) is 17.0. The van der Waals surface area contributed by atoms with Crippen LogP contribution in [0.4, 0.5) is 15.9 Å². The number of halogens is 1. The van der Waals surface area contributed by atoms with Crippen LogP contribution in [0.1, 0.15) is 26.3 Å². The van der Waals surface area contributed by atoms with Gasteiger partial charge in [-0.3, -0.25) is 14.5 Å². The Morgan fingerprint density at radius 3 is 2.39 bits per heavy atom. The van der Waals surface area contributed by atoms with E-state index < -0.39 is 0 Å². The highest BCUT2D eigenvalue weighted by atomic mass is 19.1. The number of nitrogens with one attached hydrogen (secondary N) is 1. The molecule has 2 heterocycles. The molecule has 0 spiro atoms. The Hall–Kier alpha value is -3.98. The van der Waals surface area contributed by atoms with Crippen LogP contribution in [0.5, 0.6) is 0 Å². The third-order valence-electron chi connectivity index (χ3n) is 6.42. The predicted molar refractivity (Wildman–Crippen MR) is 150 cm³/mol. The van der Waals surface area contributed by atoms with E-state index in [0.29, 0.717) is 17.2 Å². The maximum absolute atomic E-state index is 13.5. The standard InChI is InChI=1S/C29H37FN6O2/c1-7-35(28(21(2)3)29(38)33(6)22(4)5)20-27(37)32-26-12-11-25(18-31-26)36-15-13-34(14-16-36)19-23-9-8-10-24(30)17-23/h7-12,17-18H,1,4,13-16,19-20H2,2-3,5-6H3,(H,31,32,37). The lowest BCUT2D eigenvalue weighted by Crippen LogP contribution is -2.46. The van der Waals surface area contributed by atoms with Gasteiger partial charge in [0.1, 0.15) is 23.9 Å². The number of carbonyl (C=O) groups excluding carboxylic acids is 2. The average Bonchev–Trinajstić information content (AvgIpc) is 2.88. The second-order valence-electron chi connectivity index (χ2n) is 9.60. The number of hydrogen-bond donors (Lipinski definition) is 1. The first kappa shape index (κ1) is 28.6. The molecule has 202 valence electrons. The van der Waals surface area contributed by atoms with Gasteiger partial charge in [0, 0.05) is 45.5 Å². The fraction of sp³-hybridized carbons (Fsp3) is 0.345. The van der Waals surface area contributed by atoms with E-state index in [9.17, 15) is 14.0 Å². The second-order valence-corrected chi connectivity index (χ2v) is 9.60. The summed E-state index contributed by atoms with van der Waals surface area (Å²) < 4.78 is 13.5. The van der Waals surface area contributed by atoms with E-state index in [2.05, 4.69) is 33.3 Å². The first-order valence-corrected chi connectivity index (χ1v) is 12.6. The van der Waals surface area contributed by atoms with Crippen LogP contribution in [-0.4, -0.2) is 71.3 Å². The maximum atomic E-state index is 13.5. The van der Waals surface area contributed by atoms with Gasteiger partial charge < -0.3 is 20.0 Å². The number of piperazine rings is 1. The molecule has 2 aromatic rings. The molecule has 1 saturated heterocycles. The molecule has 0 atom stereocenters. The summed E-state index contributed by atoms with van der Waals surface area (Å²) in [4.78, 5) is 37.7. The highest BCUT2D eigenvalue weighted by Gasteiger charge is 2.23. The van der Waals surface area contributed by atoms with E-state index >= 15 is 0 Å². The number of pyridine rings is 1. The van der Waals surface area contributed by atoms with Crippen LogP contribution in [0, 0.1) is 5.82 Å². The third-order valence-corrected chi connectivity index (χ3v) is 6.42. The summed E-state index contributed by atoms with van der Waals surface area (Å²) in [6, 6.07) is 10.4. The van der Waals surface area contributed by atoms with Crippen molar-refractivity contribution in [2.75, 3.05) is 50.0 Å². The molecule has 0 aliphatic carbocycles. The van der Waals surface area contributed by atoms with E-state index in [-0.39, 0.29) is 24.2 Å². The Kier molecular flexibility index (Phi) is 9.78. The molecule has 0 saturated carbocycles. The molecule has 1 aromatic heterocycles.